The first kappa shape index (κ1) is 20.7. The van der Waals surface area contributed by atoms with Crippen molar-refractivity contribution in [2.24, 2.45) is 0 Å². The van der Waals surface area contributed by atoms with Crippen LogP contribution in [-0.4, -0.2) is 45.7 Å². The molecule has 0 radical (unpaired) electrons. The maximum atomic E-state index is 13.9. The van der Waals surface area contributed by atoms with Crippen molar-refractivity contribution in [3.8, 4) is 0 Å². The van der Waals surface area contributed by atoms with Gasteiger partial charge < -0.3 is 10.1 Å². The Hall–Kier alpha value is -1.33. The van der Waals surface area contributed by atoms with Gasteiger partial charge in [0.1, 0.15) is 5.82 Å². The number of nitrogens with one attached hydrogen (secondary N) is 2. The fourth-order valence-electron chi connectivity index (χ4n) is 2.68. The van der Waals surface area contributed by atoms with Crippen LogP contribution in [0.25, 0.3) is 0 Å². The predicted octanol–water partition coefficient (Wildman–Crippen LogP) is 1.20. The van der Waals surface area contributed by atoms with Gasteiger partial charge in [0.05, 0.1) is 17.1 Å². The third kappa shape index (κ3) is 4.39. The number of nitro benzene ring substituents is 1. The number of rotatable bonds is 7. The van der Waals surface area contributed by atoms with E-state index in [1.54, 1.807) is 0 Å². The Morgan fingerprint density at radius 2 is 2.21 bits per heavy atom. The van der Waals surface area contributed by atoms with Crippen LogP contribution in [0.5, 0.6) is 0 Å². The van der Waals surface area contributed by atoms with E-state index in [4.69, 9.17) is 4.74 Å². The highest BCUT2D eigenvalue weighted by Gasteiger charge is 2.37. The largest absolute Gasteiger partial charge is 0.383 e. The number of hydrogen-bond acceptors (Lipinski definition) is 6. The third-order valence-corrected chi connectivity index (χ3v) is 5.23. The number of ether oxygens (including phenoxy) is 1. The average molecular weight is 384 g/mol. The SMILES string of the molecule is COCC1(CNS(=O)(=O)c2c(F)cccc2[N+](=O)[O-])CCCN1.Cl. The Labute approximate surface area is 145 Å². The molecule has 1 unspecified atom stereocenters. The maximum Gasteiger partial charge on any atom is 0.292 e. The first-order valence-electron chi connectivity index (χ1n) is 6.98. The summed E-state index contributed by atoms with van der Waals surface area (Å²) in [5.74, 6) is -1.16. The molecule has 0 bridgehead atoms. The lowest BCUT2D eigenvalue weighted by Crippen LogP contribution is -2.53. The highest BCUT2D eigenvalue weighted by molar-refractivity contribution is 7.89. The van der Waals surface area contributed by atoms with Crippen LogP contribution in [0.4, 0.5) is 10.1 Å². The van der Waals surface area contributed by atoms with Gasteiger partial charge in [-0.3, -0.25) is 10.1 Å². The minimum absolute atomic E-state index is 0. The molecule has 1 heterocycles. The second-order valence-corrected chi connectivity index (χ2v) is 7.12. The van der Waals surface area contributed by atoms with Gasteiger partial charge in [0.25, 0.3) is 5.69 Å². The Morgan fingerprint density at radius 3 is 2.75 bits per heavy atom. The zero-order valence-corrected chi connectivity index (χ0v) is 14.6. The molecule has 1 saturated heterocycles. The van der Waals surface area contributed by atoms with E-state index in [0.717, 1.165) is 24.6 Å². The van der Waals surface area contributed by atoms with Crippen LogP contribution in [0.2, 0.25) is 0 Å². The van der Waals surface area contributed by atoms with E-state index in [1.807, 2.05) is 0 Å². The van der Waals surface area contributed by atoms with Crippen LogP contribution >= 0.6 is 12.4 Å². The van der Waals surface area contributed by atoms with Gasteiger partial charge in [0.15, 0.2) is 4.90 Å². The number of halogens is 2. The van der Waals surface area contributed by atoms with Crippen LogP contribution in [0, 0.1) is 15.9 Å². The smallest absolute Gasteiger partial charge is 0.292 e. The number of nitrogens with zero attached hydrogens (tertiary/aromatic N) is 1. The molecule has 2 rings (SSSR count). The zero-order valence-electron chi connectivity index (χ0n) is 13.0. The monoisotopic (exact) mass is 383 g/mol. The summed E-state index contributed by atoms with van der Waals surface area (Å²) in [5.41, 5.74) is -1.39. The number of sulfonamides is 1. The molecule has 24 heavy (non-hydrogen) atoms. The number of hydrogen-bond donors (Lipinski definition) is 2. The number of nitro groups is 1. The van der Waals surface area contributed by atoms with Crippen molar-refractivity contribution < 1.29 is 22.5 Å². The zero-order chi connectivity index (χ0) is 17.1. The first-order chi connectivity index (χ1) is 10.8. The third-order valence-electron chi connectivity index (χ3n) is 3.76. The molecule has 0 aromatic heterocycles. The van der Waals surface area contributed by atoms with Crippen LogP contribution in [0.15, 0.2) is 23.1 Å². The minimum Gasteiger partial charge on any atom is -0.383 e. The molecule has 1 atom stereocenters. The van der Waals surface area contributed by atoms with Crippen LogP contribution < -0.4 is 10.0 Å². The maximum absolute atomic E-state index is 13.9. The van der Waals surface area contributed by atoms with Gasteiger partial charge in [-0.25, -0.2) is 17.5 Å². The summed E-state index contributed by atoms with van der Waals surface area (Å²) in [7, 11) is -2.87. The quantitative estimate of drug-likeness (QED) is 0.540. The molecule has 0 amide bonds. The molecule has 1 aromatic carbocycles. The predicted molar refractivity (Wildman–Crippen MR) is 87.3 cm³/mol. The molecule has 1 aliphatic rings. The van der Waals surface area contributed by atoms with Gasteiger partial charge >= 0.3 is 0 Å². The minimum atomic E-state index is -4.37. The van der Waals surface area contributed by atoms with Gasteiger partial charge in [-0.05, 0) is 25.5 Å². The summed E-state index contributed by atoms with van der Waals surface area (Å²) in [4.78, 5) is 9.09. The van der Waals surface area contributed by atoms with Gasteiger partial charge in [-0.15, -0.1) is 12.4 Å². The van der Waals surface area contributed by atoms with Crippen LogP contribution in [0.3, 0.4) is 0 Å². The lowest BCUT2D eigenvalue weighted by Gasteiger charge is -2.28. The summed E-state index contributed by atoms with van der Waals surface area (Å²) in [6, 6.07) is 2.92. The Morgan fingerprint density at radius 1 is 1.50 bits per heavy atom. The second kappa shape index (κ2) is 8.17. The molecule has 1 aromatic rings. The van der Waals surface area contributed by atoms with Gasteiger partial charge in [-0.2, -0.15) is 0 Å². The van der Waals surface area contributed by atoms with Crippen molar-refractivity contribution in [1.82, 2.24) is 10.0 Å². The van der Waals surface area contributed by atoms with Crippen LogP contribution in [0.1, 0.15) is 12.8 Å². The van der Waals surface area contributed by atoms with E-state index in [0.29, 0.717) is 13.0 Å². The van der Waals surface area contributed by atoms with E-state index in [9.17, 15) is 22.9 Å². The van der Waals surface area contributed by atoms with Crippen LogP contribution in [-0.2, 0) is 14.8 Å². The summed E-state index contributed by atoms with van der Waals surface area (Å²) in [5, 5.41) is 14.1. The highest BCUT2D eigenvalue weighted by Crippen LogP contribution is 2.27. The molecule has 0 saturated carbocycles. The fourth-order valence-corrected chi connectivity index (χ4v) is 4.04. The molecule has 0 aliphatic carbocycles. The molecule has 8 nitrogen and oxygen atoms in total. The summed E-state index contributed by atoms with van der Waals surface area (Å²) in [6.07, 6.45) is 1.54. The molecular formula is C13H19ClFN3O5S. The molecule has 11 heteroatoms. The Bertz CT molecular complexity index is 695. The molecule has 136 valence electrons. The molecule has 0 spiro atoms. The standard InChI is InChI=1S/C13H18FN3O5S.ClH/c1-22-9-13(6-3-7-15-13)8-16-23(20,21)12-10(14)4-2-5-11(12)17(18)19;/h2,4-5,15-16H,3,6-9H2,1H3;1H. The van der Waals surface area contributed by atoms with Crippen molar-refractivity contribution in [1.29, 1.82) is 0 Å². The molecular weight excluding hydrogens is 365 g/mol. The summed E-state index contributed by atoms with van der Waals surface area (Å²) < 4.78 is 46.0. The highest BCUT2D eigenvalue weighted by atomic mass is 35.5. The molecule has 2 N–H and O–H groups in total. The van der Waals surface area contributed by atoms with E-state index < -0.39 is 36.9 Å². The normalized spacial score (nSPS) is 20.6. The molecule has 1 aliphatic heterocycles. The fraction of sp³-hybridized carbons (Fsp3) is 0.538. The van der Waals surface area contributed by atoms with Crippen molar-refractivity contribution in [3.05, 3.63) is 34.1 Å². The summed E-state index contributed by atoms with van der Waals surface area (Å²) >= 11 is 0. The van der Waals surface area contributed by atoms with E-state index in [2.05, 4.69) is 10.0 Å². The van der Waals surface area contributed by atoms with Gasteiger partial charge in [0, 0.05) is 19.7 Å². The van der Waals surface area contributed by atoms with Crippen molar-refractivity contribution in [3.63, 3.8) is 0 Å². The number of benzene rings is 1. The lowest BCUT2D eigenvalue weighted by atomic mass is 9.99. The topological polar surface area (TPSA) is 111 Å². The Kier molecular flexibility index (Phi) is 7.05. The van der Waals surface area contributed by atoms with Gasteiger partial charge in [0.2, 0.25) is 10.0 Å². The number of methoxy groups -OCH3 is 1. The van der Waals surface area contributed by atoms with Crippen molar-refractivity contribution in [2.45, 2.75) is 23.3 Å². The average Bonchev–Trinajstić information content (AvgIpc) is 2.94. The first-order valence-corrected chi connectivity index (χ1v) is 8.46. The van der Waals surface area contributed by atoms with Crippen molar-refractivity contribution in [2.75, 3.05) is 26.8 Å². The van der Waals surface area contributed by atoms with E-state index in [1.165, 1.54) is 7.11 Å². The lowest BCUT2D eigenvalue weighted by molar-refractivity contribution is -0.388. The van der Waals surface area contributed by atoms with Crippen molar-refractivity contribution >= 4 is 28.1 Å². The molecule has 1 fully saturated rings. The summed E-state index contributed by atoms with van der Waals surface area (Å²) in [6.45, 7) is 0.939. The van der Waals surface area contributed by atoms with Gasteiger partial charge in [-0.1, -0.05) is 6.07 Å². The second-order valence-electron chi connectivity index (χ2n) is 5.41. The van der Waals surface area contributed by atoms with E-state index >= 15 is 0 Å². The van der Waals surface area contributed by atoms with E-state index in [-0.39, 0.29) is 25.6 Å². The Balaban J connectivity index is 0.00000288.